The molecule has 0 aliphatic carbocycles. The van der Waals surface area contributed by atoms with Crippen molar-refractivity contribution in [2.75, 3.05) is 7.11 Å². The first-order chi connectivity index (χ1) is 13.3. The number of fused-ring (bicyclic) bond motifs is 4. The van der Waals surface area contributed by atoms with Gasteiger partial charge in [-0.25, -0.2) is 8.42 Å². The molecule has 2 heterocycles. The van der Waals surface area contributed by atoms with Crippen molar-refractivity contribution in [1.29, 1.82) is 0 Å². The molecule has 3 atom stereocenters. The molecule has 2 aromatic rings. The molecule has 0 radical (unpaired) electrons. The smallest absolute Gasteiger partial charge is 0.307 e. The number of carbonyl (C=O) groups is 1. The van der Waals surface area contributed by atoms with Crippen LogP contribution in [0.4, 0.5) is 0 Å². The number of hydrogen-bond acceptors (Lipinski definition) is 5. The van der Waals surface area contributed by atoms with Gasteiger partial charge in [0, 0.05) is 17.0 Å². The largest absolute Gasteiger partial charge is 0.488 e. The predicted molar refractivity (Wildman–Crippen MR) is 104 cm³/mol. The highest BCUT2D eigenvalue weighted by atomic mass is 35.5. The predicted octanol–water partition coefficient (Wildman–Crippen LogP) is 3.48. The lowest BCUT2D eigenvalue weighted by Crippen LogP contribution is -2.42. The molecule has 0 spiro atoms. The first-order valence-corrected chi connectivity index (χ1v) is 10.8. The maximum absolute atomic E-state index is 13.5. The summed E-state index contributed by atoms with van der Waals surface area (Å²) in [5.41, 5.74) is 1.68. The molecule has 1 fully saturated rings. The highest BCUT2D eigenvalue weighted by Crippen LogP contribution is 2.50. The van der Waals surface area contributed by atoms with Crippen LogP contribution in [0.2, 0.25) is 5.02 Å². The van der Waals surface area contributed by atoms with Gasteiger partial charge in [-0.05, 0) is 37.3 Å². The molecule has 2 aromatic carbocycles. The third kappa shape index (κ3) is 3.17. The summed E-state index contributed by atoms with van der Waals surface area (Å²) in [7, 11) is -2.58. The molecule has 0 amide bonds. The fourth-order valence-electron chi connectivity index (χ4n) is 3.97. The van der Waals surface area contributed by atoms with Crippen molar-refractivity contribution in [1.82, 2.24) is 4.31 Å². The van der Waals surface area contributed by atoms with Crippen LogP contribution in [0.15, 0.2) is 47.4 Å². The standard InChI is InChI=1S/C20H20ClNO5S/c1-12-3-6-14(7-4-12)28(24,25)22-16-10-19(17(22)11-20(23)26-2)27-18-8-5-13(21)9-15(16)18/h3-9,16-17,19H,10-11H2,1-2H3. The number of ether oxygens (including phenoxy) is 2. The third-order valence-corrected chi connectivity index (χ3v) is 7.51. The minimum Gasteiger partial charge on any atom is -0.488 e. The van der Waals surface area contributed by atoms with Gasteiger partial charge < -0.3 is 9.47 Å². The van der Waals surface area contributed by atoms with Gasteiger partial charge in [0.25, 0.3) is 0 Å². The number of methoxy groups -OCH3 is 1. The Bertz CT molecular complexity index is 1020. The lowest BCUT2D eigenvalue weighted by Gasteiger charge is -2.28. The second kappa shape index (κ2) is 7.06. The number of nitrogens with zero attached hydrogens (tertiary/aromatic N) is 1. The van der Waals surface area contributed by atoms with Crippen molar-refractivity contribution in [3.63, 3.8) is 0 Å². The molecule has 4 rings (SSSR count). The Labute approximate surface area is 169 Å². The van der Waals surface area contributed by atoms with Gasteiger partial charge in [0.1, 0.15) is 11.9 Å². The number of esters is 1. The number of rotatable bonds is 4. The number of benzene rings is 2. The second-order valence-corrected chi connectivity index (χ2v) is 9.37. The summed E-state index contributed by atoms with van der Waals surface area (Å²) >= 11 is 6.15. The zero-order valence-electron chi connectivity index (χ0n) is 15.5. The van der Waals surface area contributed by atoms with E-state index in [0.29, 0.717) is 22.8 Å². The van der Waals surface area contributed by atoms with Gasteiger partial charge in [0.2, 0.25) is 10.0 Å². The van der Waals surface area contributed by atoms with Gasteiger partial charge >= 0.3 is 5.97 Å². The minimum atomic E-state index is -3.87. The summed E-state index contributed by atoms with van der Waals surface area (Å²) in [6, 6.07) is 10.8. The van der Waals surface area contributed by atoms with Gasteiger partial charge in [-0.3, -0.25) is 4.79 Å². The number of halogens is 1. The van der Waals surface area contributed by atoms with E-state index >= 15 is 0 Å². The van der Waals surface area contributed by atoms with Gasteiger partial charge in [-0.15, -0.1) is 0 Å². The Morgan fingerprint density at radius 3 is 2.64 bits per heavy atom. The van der Waals surface area contributed by atoms with Gasteiger partial charge in [-0.2, -0.15) is 4.31 Å². The van der Waals surface area contributed by atoms with E-state index in [1.165, 1.54) is 11.4 Å². The first-order valence-electron chi connectivity index (χ1n) is 8.94. The summed E-state index contributed by atoms with van der Waals surface area (Å²) in [4.78, 5) is 12.2. The van der Waals surface area contributed by atoms with Crippen LogP contribution in [0.3, 0.4) is 0 Å². The molecule has 1 saturated heterocycles. The first kappa shape index (κ1) is 19.2. The molecule has 3 unspecified atom stereocenters. The zero-order valence-corrected chi connectivity index (χ0v) is 17.0. The number of aryl methyl sites for hydroxylation is 1. The van der Waals surface area contributed by atoms with Crippen LogP contribution in [0.5, 0.6) is 5.75 Å². The van der Waals surface area contributed by atoms with Crippen molar-refractivity contribution in [2.45, 2.75) is 42.8 Å². The van der Waals surface area contributed by atoms with Crippen molar-refractivity contribution in [3.05, 3.63) is 58.6 Å². The average Bonchev–Trinajstić information content (AvgIpc) is 2.96. The second-order valence-electron chi connectivity index (χ2n) is 7.09. The van der Waals surface area contributed by atoms with Crippen molar-refractivity contribution < 1.29 is 22.7 Å². The highest BCUT2D eigenvalue weighted by Gasteiger charge is 2.53. The number of carbonyl (C=O) groups excluding carboxylic acids is 1. The van der Waals surface area contributed by atoms with Gasteiger partial charge in [-0.1, -0.05) is 29.3 Å². The minimum absolute atomic E-state index is 0.0789. The summed E-state index contributed by atoms with van der Waals surface area (Å²) in [5, 5.41) is 0.505. The molecule has 2 aliphatic heterocycles. The summed E-state index contributed by atoms with van der Waals surface area (Å²) < 4.78 is 39.3. The van der Waals surface area contributed by atoms with Crippen LogP contribution in [0.25, 0.3) is 0 Å². The normalized spacial score (nSPS) is 23.8. The Hall–Kier alpha value is -2.09. The van der Waals surface area contributed by atoms with Crippen LogP contribution < -0.4 is 4.74 Å². The van der Waals surface area contributed by atoms with Gasteiger partial charge in [0.15, 0.2) is 0 Å². The Kier molecular flexibility index (Phi) is 4.85. The fraction of sp³-hybridized carbons (Fsp3) is 0.350. The molecule has 148 valence electrons. The lowest BCUT2D eigenvalue weighted by atomic mass is 9.99. The third-order valence-electron chi connectivity index (χ3n) is 5.33. The number of sulfonamides is 1. The summed E-state index contributed by atoms with van der Waals surface area (Å²) in [6.07, 6.45) is -0.0529. The van der Waals surface area contributed by atoms with Crippen molar-refractivity contribution >= 4 is 27.6 Å². The van der Waals surface area contributed by atoms with E-state index in [-0.39, 0.29) is 11.3 Å². The van der Waals surface area contributed by atoms with Gasteiger partial charge in [0.05, 0.1) is 30.5 Å². The Morgan fingerprint density at radius 1 is 1.25 bits per heavy atom. The molecule has 0 N–H and O–H groups in total. The average molecular weight is 422 g/mol. The van der Waals surface area contributed by atoms with Crippen LogP contribution >= 0.6 is 11.6 Å². The fourth-order valence-corrected chi connectivity index (χ4v) is 5.98. The maximum atomic E-state index is 13.5. The quantitative estimate of drug-likeness (QED) is 0.707. The van der Waals surface area contributed by atoms with E-state index in [2.05, 4.69) is 0 Å². The van der Waals surface area contributed by atoms with Crippen molar-refractivity contribution in [2.24, 2.45) is 0 Å². The van der Waals surface area contributed by atoms with Crippen LogP contribution in [-0.4, -0.2) is 37.9 Å². The Balaban J connectivity index is 1.83. The van der Waals surface area contributed by atoms with Crippen molar-refractivity contribution in [3.8, 4) is 5.75 Å². The van der Waals surface area contributed by atoms with Crippen LogP contribution in [0, 0.1) is 6.92 Å². The lowest BCUT2D eigenvalue weighted by molar-refractivity contribution is -0.142. The molecule has 6 nitrogen and oxygen atoms in total. The van der Waals surface area contributed by atoms with Crippen LogP contribution in [0.1, 0.15) is 30.0 Å². The van der Waals surface area contributed by atoms with E-state index in [9.17, 15) is 13.2 Å². The topological polar surface area (TPSA) is 72.9 Å². The molecule has 2 bridgehead atoms. The molecule has 2 aliphatic rings. The SMILES string of the molecule is COC(=O)CC1C2CC(c3cc(Cl)ccc3O2)N1S(=O)(=O)c1ccc(C)cc1. The van der Waals surface area contributed by atoms with E-state index < -0.39 is 34.2 Å². The monoisotopic (exact) mass is 421 g/mol. The van der Waals surface area contributed by atoms with E-state index in [1.54, 1.807) is 42.5 Å². The molecule has 28 heavy (non-hydrogen) atoms. The molecule has 0 saturated carbocycles. The zero-order chi connectivity index (χ0) is 20.1. The maximum Gasteiger partial charge on any atom is 0.307 e. The van der Waals surface area contributed by atoms with E-state index in [0.717, 1.165) is 5.56 Å². The van der Waals surface area contributed by atoms with E-state index in [4.69, 9.17) is 21.1 Å². The summed E-state index contributed by atoms with van der Waals surface area (Å²) in [5.74, 6) is 0.120. The Morgan fingerprint density at radius 2 is 1.96 bits per heavy atom. The van der Waals surface area contributed by atoms with Crippen LogP contribution in [-0.2, 0) is 19.6 Å². The summed E-state index contributed by atoms with van der Waals surface area (Å²) in [6.45, 7) is 1.89. The molecule has 0 aromatic heterocycles. The number of hydrogen-bond donors (Lipinski definition) is 0. The van der Waals surface area contributed by atoms with E-state index in [1.807, 2.05) is 6.92 Å². The molecule has 8 heteroatoms. The highest BCUT2D eigenvalue weighted by molar-refractivity contribution is 7.89. The molecular weight excluding hydrogens is 402 g/mol. The molecular formula is C20H20ClNO5S.